The lowest BCUT2D eigenvalue weighted by Crippen LogP contribution is -2.02. The highest BCUT2D eigenvalue weighted by Gasteiger charge is 2.24. The highest BCUT2D eigenvalue weighted by atomic mass is 19.1. The van der Waals surface area contributed by atoms with Gasteiger partial charge in [0.2, 0.25) is 0 Å². The first-order valence-electron chi connectivity index (χ1n) is 5.81. The number of aryl methyl sites for hydroxylation is 1. The smallest absolute Gasteiger partial charge is 0.177 e. The van der Waals surface area contributed by atoms with Crippen LogP contribution in [-0.4, -0.2) is 31.1 Å². The normalized spacial score (nSPS) is 10.4. The lowest BCUT2D eigenvalue weighted by Gasteiger charge is -2.15. The Hall–Kier alpha value is -2.44. The monoisotopic (exact) mass is 281 g/mol. The molecule has 1 aromatic heterocycles. The van der Waals surface area contributed by atoms with E-state index in [1.54, 1.807) is 7.05 Å². The molecule has 20 heavy (non-hydrogen) atoms. The Balaban J connectivity index is 2.81. The maximum absolute atomic E-state index is 14.6. The highest BCUT2D eigenvalue weighted by molar-refractivity contribution is 5.82. The van der Waals surface area contributed by atoms with Crippen molar-refractivity contribution >= 4 is 5.82 Å². The lowest BCUT2D eigenvalue weighted by molar-refractivity contribution is 0.341. The maximum Gasteiger partial charge on any atom is 0.177 e. The summed E-state index contributed by atoms with van der Waals surface area (Å²) in [7, 11) is 5.94. The molecule has 2 aromatic rings. The van der Waals surface area contributed by atoms with Gasteiger partial charge in [-0.3, -0.25) is 4.68 Å². The van der Waals surface area contributed by atoms with Gasteiger partial charge in [0, 0.05) is 13.1 Å². The number of hydrogen-bond acceptors (Lipinski definition) is 5. The van der Waals surface area contributed by atoms with Crippen molar-refractivity contribution in [2.75, 3.05) is 27.1 Å². The molecule has 0 aliphatic rings. The van der Waals surface area contributed by atoms with Crippen LogP contribution in [0.3, 0.4) is 0 Å². The molecule has 0 saturated heterocycles. The Morgan fingerprint density at radius 3 is 2.25 bits per heavy atom. The van der Waals surface area contributed by atoms with E-state index in [0.29, 0.717) is 17.1 Å². The zero-order chi connectivity index (χ0) is 14.9. The molecule has 1 heterocycles. The van der Waals surface area contributed by atoms with Gasteiger partial charge >= 0.3 is 0 Å². The van der Waals surface area contributed by atoms with Crippen molar-refractivity contribution in [3.05, 3.63) is 18.1 Å². The summed E-state index contributed by atoms with van der Waals surface area (Å²) in [4.78, 5) is 0. The van der Waals surface area contributed by atoms with Gasteiger partial charge in [0.25, 0.3) is 0 Å². The zero-order valence-corrected chi connectivity index (χ0v) is 11.7. The molecule has 0 saturated carbocycles. The summed E-state index contributed by atoms with van der Waals surface area (Å²) in [6, 6.07) is 1.42. The summed E-state index contributed by atoms with van der Waals surface area (Å²) in [5, 5.41) is 4.01. The van der Waals surface area contributed by atoms with Gasteiger partial charge in [-0.05, 0) is 0 Å². The molecular formula is C13H16FN3O3. The molecular weight excluding hydrogens is 265 g/mol. The molecule has 0 radical (unpaired) electrons. The third kappa shape index (κ3) is 2.01. The van der Waals surface area contributed by atoms with Crippen LogP contribution in [0, 0.1) is 5.82 Å². The largest absolute Gasteiger partial charge is 0.494 e. The summed E-state index contributed by atoms with van der Waals surface area (Å²) >= 11 is 0. The van der Waals surface area contributed by atoms with Crippen LogP contribution in [0.1, 0.15) is 0 Å². The summed E-state index contributed by atoms with van der Waals surface area (Å²) in [6.07, 6.45) is 1.47. The Bertz CT molecular complexity index is 640. The first-order valence-corrected chi connectivity index (χ1v) is 5.81. The highest BCUT2D eigenvalue weighted by Crippen LogP contribution is 2.45. The van der Waals surface area contributed by atoms with Crippen LogP contribution in [0.2, 0.25) is 0 Å². The maximum atomic E-state index is 14.6. The van der Waals surface area contributed by atoms with Gasteiger partial charge in [-0.25, -0.2) is 4.39 Å². The van der Waals surface area contributed by atoms with Crippen LogP contribution < -0.4 is 19.9 Å². The number of halogens is 1. The molecule has 1 aromatic carbocycles. The van der Waals surface area contributed by atoms with Crippen LogP contribution in [0.5, 0.6) is 17.2 Å². The van der Waals surface area contributed by atoms with E-state index in [-0.39, 0.29) is 17.1 Å². The van der Waals surface area contributed by atoms with Crippen molar-refractivity contribution in [3.8, 4) is 28.4 Å². The van der Waals surface area contributed by atoms with Crippen LogP contribution >= 0.6 is 0 Å². The fourth-order valence-electron chi connectivity index (χ4n) is 1.98. The fourth-order valence-corrected chi connectivity index (χ4v) is 1.98. The summed E-state index contributed by atoms with van der Waals surface area (Å²) in [5.74, 6) is 0.373. The van der Waals surface area contributed by atoms with Crippen LogP contribution in [-0.2, 0) is 7.05 Å². The van der Waals surface area contributed by atoms with Crippen LogP contribution in [0.4, 0.5) is 10.2 Å². The SMILES string of the molecule is COc1cc(OC)c(OC)c(-c2cnn(C)c2N)c1F. The fraction of sp³-hybridized carbons (Fsp3) is 0.308. The van der Waals surface area contributed by atoms with Gasteiger partial charge in [-0.2, -0.15) is 5.10 Å². The molecule has 2 rings (SSSR count). The molecule has 0 amide bonds. The van der Waals surface area contributed by atoms with Crippen molar-refractivity contribution in [2.24, 2.45) is 7.05 Å². The van der Waals surface area contributed by atoms with E-state index >= 15 is 0 Å². The molecule has 0 aliphatic carbocycles. The van der Waals surface area contributed by atoms with Crippen LogP contribution in [0.25, 0.3) is 11.1 Å². The van der Waals surface area contributed by atoms with Gasteiger partial charge < -0.3 is 19.9 Å². The minimum absolute atomic E-state index is 0.0425. The van der Waals surface area contributed by atoms with Crippen LogP contribution in [0.15, 0.2) is 12.3 Å². The average molecular weight is 281 g/mol. The number of nitrogen functional groups attached to an aromatic ring is 1. The molecule has 108 valence electrons. The van der Waals surface area contributed by atoms with Gasteiger partial charge in [0.1, 0.15) is 5.82 Å². The Morgan fingerprint density at radius 2 is 1.80 bits per heavy atom. The van der Waals surface area contributed by atoms with E-state index in [0.717, 1.165) is 0 Å². The van der Waals surface area contributed by atoms with E-state index in [2.05, 4.69) is 5.10 Å². The third-order valence-corrected chi connectivity index (χ3v) is 3.05. The standard InChI is InChI=1S/C13H16FN3O3/c1-17-13(15)7(6-16-17)10-11(14)8(18-2)5-9(19-3)12(10)20-4/h5-6H,15H2,1-4H3. The predicted molar refractivity (Wildman–Crippen MR) is 72.7 cm³/mol. The number of anilines is 1. The van der Waals surface area contributed by atoms with Crippen molar-refractivity contribution in [1.82, 2.24) is 9.78 Å². The first-order chi connectivity index (χ1) is 9.54. The van der Waals surface area contributed by atoms with Crippen molar-refractivity contribution in [1.29, 1.82) is 0 Å². The molecule has 0 bridgehead atoms. The quantitative estimate of drug-likeness (QED) is 0.925. The number of methoxy groups -OCH3 is 3. The molecule has 2 N–H and O–H groups in total. The second kappa shape index (κ2) is 5.28. The Labute approximate surface area is 115 Å². The molecule has 7 heteroatoms. The van der Waals surface area contributed by atoms with Gasteiger partial charge in [0.05, 0.1) is 38.7 Å². The summed E-state index contributed by atoms with van der Waals surface area (Å²) in [6.45, 7) is 0. The minimum Gasteiger partial charge on any atom is -0.494 e. The second-order valence-electron chi connectivity index (χ2n) is 4.07. The van der Waals surface area contributed by atoms with Crippen molar-refractivity contribution in [2.45, 2.75) is 0 Å². The summed E-state index contributed by atoms with van der Waals surface area (Å²) in [5.41, 5.74) is 6.48. The van der Waals surface area contributed by atoms with Gasteiger partial charge in [-0.1, -0.05) is 0 Å². The first kappa shape index (κ1) is 14.0. The van der Waals surface area contributed by atoms with Gasteiger partial charge in [0.15, 0.2) is 23.1 Å². The Morgan fingerprint density at radius 1 is 1.15 bits per heavy atom. The van der Waals surface area contributed by atoms with E-state index < -0.39 is 5.82 Å². The van der Waals surface area contributed by atoms with E-state index in [1.165, 1.54) is 38.3 Å². The number of nitrogens with two attached hydrogens (primary N) is 1. The molecule has 0 spiro atoms. The minimum atomic E-state index is -0.579. The predicted octanol–water partition coefficient (Wildman–Crippen LogP) is 1.83. The van der Waals surface area contributed by atoms with E-state index in [1.807, 2.05) is 0 Å². The third-order valence-electron chi connectivity index (χ3n) is 3.05. The van der Waals surface area contributed by atoms with E-state index in [4.69, 9.17) is 19.9 Å². The molecule has 0 fully saturated rings. The van der Waals surface area contributed by atoms with Crippen molar-refractivity contribution < 1.29 is 18.6 Å². The number of benzene rings is 1. The summed E-state index contributed by atoms with van der Waals surface area (Å²) < 4.78 is 31.5. The van der Waals surface area contributed by atoms with E-state index in [9.17, 15) is 4.39 Å². The number of hydrogen-bond donors (Lipinski definition) is 1. The average Bonchev–Trinajstić information content (AvgIpc) is 2.78. The second-order valence-corrected chi connectivity index (χ2v) is 4.07. The molecule has 0 unspecified atom stereocenters. The molecule has 6 nitrogen and oxygen atoms in total. The number of ether oxygens (including phenoxy) is 3. The number of nitrogens with zero attached hydrogens (tertiary/aromatic N) is 2. The molecule has 0 atom stereocenters. The van der Waals surface area contributed by atoms with Crippen molar-refractivity contribution in [3.63, 3.8) is 0 Å². The zero-order valence-electron chi connectivity index (χ0n) is 11.7. The topological polar surface area (TPSA) is 71.5 Å². The number of rotatable bonds is 4. The number of aromatic nitrogens is 2. The van der Waals surface area contributed by atoms with Gasteiger partial charge in [-0.15, -0.1) is 0 Å². The molecule has 0 aliphatic heterocycles. The Kier molecular flexibility index (Phi) is 3.69. The lowest BCUT2D eigenvalue weighted by atomic mass is 10.1.